The Morgan fingerprint density at radius 3 is 3.00 bits per heavy atom. The van der Waals surface area contributed by atoms with Gasteiger partial charge in [0, 0.05) is 19.0 Å². The molecule has 0 aliphatic rings. The molecule has 1 heterocycles. The summed E-state index contributed by atoms with van der Waals surface area (Å²) in [6.45, 7) is 4.49. The Balaban J connectivity index is 2.04. The Hall–Kier alpha value is -1.59. The van der Waals surface area contributed by atoms with Gasteiger partial charge in [0.15, 0.2) is 0 Å². The highest BCUT2D eigenvalue weighted by atomic mass is 16.2. The number of urea groups is 1. The Kier molecular flexibility index (Phi) is 4.59. The average Bonchev–Trinajstić information content (AvgIpc) is 2.63. The first-order valence-corrected chi connectivity index (χ1v) is 5.07. The van der Waals surface area contributed by atoms with Gasteiger partial charge in [0.25, 0.3) is 0 Å². The summed E-state index contributed by atoms with van der Waals surface area (Å²) >= 11 is 0. The van der Waals surface area contributed by atoms with Gasteiger partial charge in [0.1, 0.15) is 12.2 Å². The van der Waals surface area contributed by atoms with Gasteiger partial charge in [-0.3, -0.25) is 5.10 Å². The van der Waals surface area contributed by atoms with Crippen molar-refractivity contribution < 1.29 is 4.79 Å². The minimum atomic E-state index is -0.123. The molecule has 0 spiro atoms. The molecule has 0 bridgehead atoms. The molecule has 0 aliphatic carbocycles. The van der Waals surface area contributed by atoms with Gasteiger partial charge < -0.3 is 10.6 Å². The molecule has 0 aliphatic heterocycles. The Labute approximate surface area is 88.9 Å². The van der Waals surface area contributed by atoms with Crippen molar-refractivity contribution in [3.8, 4) is 0 Å². The lowest BCUT2D eigenvalue weighted by atomic mass is 10.3. The molecule has 84 valence electrons. The van der Waals surface area contributed by atoms with Gasteiger partial charge in [0.05, 0.1) is 0 Å². The molecule has 1 aromatic rings. The zero-order chi connectivity index (χ0) is 11.1. The summed E-state index contributed by atoms with van der Waals surface area (Å²) in [5, 5.41) is 12.0. The van der Waals surface area contributed by atoms with Crippen LogP contribution in [0.15, 0.2) is 6.33 Å². The number of hydrogen-bond acceptors (Lipinski definition) is 3. The second kappa shape index (κ2) is 6.00. The zero-order valence-electron chi connectivity index (χ0n) is 9.08. The van der Waals surface area contributed by atoms with Crippen LogP contribution in [0.25, 0.3) is 0 Å². The molecular formula is C9H17N5O. The SMILES string of the molecule is CC(C)NC(=O)NCCCc1ncn[nH]1. The van der Waals surface area contributed by atoms with E-state index in [9.17, 15) is 4.79 Å². The van der Waals surface area contributed by atoms with Crippen LogP contribution in [0.1, 0.15) is 26.1 Å². The Morgan fingerprint density at radius 1 is 1.60 bits per heavy atom. The van der Waals surface area contributed by atoms with Gasteiger partial charge in [-0.05, 0) is 20.3 Å². The van der Waals surface area contributed by atoms with Crippen molar-refractivity contribution in [1.29, 1.82) is 0 Å². The molecule has 6 heteroatoms. The van der Waals surface area contributed by atoms with Crippen LogP contribution in [0.4, 0.5) is 4.79 Å². The fraction of sp³-hybridized carbons (Fsp3) is 0.667. The van der Waals surface area contributed by atoms with E-state index in [1.807, 2.05) is 13.8 Å². The lowest BCUT2D eigenvalue weighted by molar-refractivity contribution is 0.238. The van der Waals surface area contributed by atoms with E-state index < -0.39 is 0 Å². The first-order valence-electron chi connectivity index (χ1n) is 5.07. The largest absolute Gasteiger partial charge is 0.338 e. The fourth-order valence-corrected chi connectivity index (χ4v) is 1.12. The maximum atomic E-state index is 11.2. The number of carbonyl (C=O) groups is 1. The number of aryl methyl sites for hydroxylation is 1. The molecular weight excluding hydrogens is 194 g/mol. The number of hydrogen-bond donors (Lipinski definition) is 3. The maximum Gasteiger partial charge on any atom is 0.314 e. The topological polar surface area (TPSA) is 82.7 Å². The van der Waals surface area contributed by atoms with Crippen molar-refractivity contribution in [1.82, 2.24) is 25.8 Å². The van der Waals surface area contributed by atoms with E-state index in [-0.39, 0.29) is 12.1 Å². The summed E-state index contributed by atoms with van der Waals surface area (Å²) in [5.74, 6) is 0.848. The van der Waals surface area contributed by atoms with Gasteiger partial charge in [0.2, 0.25) is 0 Å². The van der Waals surface area contributed by atoms with Crippen LogP contribution >= 0.6 is 0 Å². The van der Waals surface area contributed by atoms with Gasteiger partial charge in [-0.15, -0.1) is 0 Å². The van der Waals surface area contributed by atoms with Crippen molar-refractivity contribution in [2.45, 2.75) is 32.7 Å². The van der Waals surface area contributed by atoms with E-state index in [4.69, 9.17) is 0 Å². The van der Waals surface area contributed by atoms with E-state index in [0.717, 1.165) is 18.7 Å². The zero-order valence-corrected chi connectivity index (χ0v) is 9.08. The lowest BCUT2D eigenvalue weighted by Gasteiger charge is -2.09. The molecule has 0 atom stereocenters. The molecule has 0 saturated carbocycles. The quantitative estimate of drug-likeness (QED) is 0.618. The number of H-pyrrole nitrogens is 1. The molecule has 6 nitrogen and oxygen atoms in total. The van der Waals surface area contributed by atoms with Crippen molar-refractivity contribution >= 4 is 6.03 Å². The molecule has 0 fully saturated rings. The van der Waals surface area contributed by atoms with E-state index in [2.05, 4.69) is 25.8 Å². The highest BCUT2D eigenvalue weighted by Crippen LogP contribution is 1.91. The van der Waals surface area contributed by atoms with Gasteiger partial charge >= 0.3 is 6.03 Å². The van der Waals surface area contributed by atoms with Crippen LogP contribution in [0.5, 0.6) is 0 Å². The summed E-state index contributed by atoms with van der Waals surface area (Å²) in [6.07, 6.45) is 3.12. The number of carbonyl (C=O) groups excluding carboxylic acids is 1. The van der Waals surface area contributed by atoms with E-state index >= 15 is 0 Å². The van der Waals surface area contributed by atoms with Crippen LogP contribution < -0.4 is 10.6 Å². The third-order valence-corrected chi connectivity index (χ3v) is 1.76. The predicted octanol–water partition coefficient (Wildman–Crippen LogP) is 0.445. The second-order valence-corrected chi connectivity index (χ2v) is 3.59. The third-order valence-electron chi connectivity index (χ3n) is 1.76. The van der Waals surface area contributed by atoms with Crippen molar-refractivity contribution in [3.63, 3.8) is 0 Å². The van der Waals surface area contributed by atoms with E-state index in [1.54, 1.807) is 0 Å². The van der Waals surface area contributed by atoms with Crippen molar-refractivity contribution in [2.75, 3.05) is 6.54 Å². The van der Waals surface area contributed by atoms with Crippen LogP contribution in [0.3, 0.4) is 0 Å². The normalized spacial score (nSPS) is 10.3. The number of aromatic nitrogens is 3. The molecule has 15 heavy (non-hydrogen) atoms. The van der Waals surface area contributed by atoms with Crippen molar-refractivity contribution in [3.05, 3.63) is 12.2 Å². The van der Waals surface area contributed by atoms with Gasteiger partial charge in [-0.25, -0.2) is 9.78 Å². The standard InChI is InChI=1S/C9H17N5O/c1-7(2)13-9(15)10-5-3-4-8-11-6-12-14-8/h6-7H,3-5H2,1-2H3,(H2,10,13,15)(H,11,12,14). The molecule has 0 unspecified atom stereocenters. The van der Waals surface area contributed by atoms with Crippen LogP contribution in [0.2, 0.25) is 0 Å². The minimum absolute atomic E-state index is 0.123. The molecule has 1 rings (SSSR count). The summed E-state index contributed by atoms with van der Waals surface area (Å²) < 4.78 is 0. The highest BCUT2D eigenvalue weighted by molar-refractivity contribution is 5.73. The second-order valence-electron chi connectivity index (χ2n) is 3.59. The fourth-order valence-electron chi connectivity index (χ4n) is 1.12. The molecule has 0 radical (unpaired) electrons. The smallest absolute Gasteiger partial charge is 0.314 e. The number of amides is 2. The van der Waals surface area contributed by atoms with Gasteiger partial charge in [-0.2, -0.15) is 5.10 Å². The number of rotatable bonds is 5. The van der Waals surface area contributed by atoms with Crippen LogP contribution in [-0.2, 0) is 6.42 Å². The molecule has 1 aromatic heterocycles. The van der Waals surface area contributed by atoms with Gasteiger partial charge in [-0.1, -0.05) is 0 Å². The average molecular weight is 211 g/mol. The maximum absolute atomic E-state index is 11.2. The molecule has 0 aromatic carbocycles. The molecule has 2 amide bonds. The van der Waals surface area contributed by atoms with Crippen LogP contribution in [-0.4, -0.2) is 33.8 Å². The third kappa shape index (κ3) is 4.99. The highest BCUT2D eigenvalue weighted by Gasteiger charge is 2.01. The predicted molar refractivity (Wildman–Crippen MR) is 56.4 cm³/mol. The summed E-state index contributed by atoms with van der Waals surface area (Å²) in [7, 11) is 0. The lowest BCUT2D eigenvalue weighted by Crippen LogP contribution is -2.39. The Bertz CT molecular complexity index is 283. The molecule has 0 saturated heterocycles. The van der Waals surface area contributed by atoms with E-state index in [1.165, 1.54) is 6.33 Å². The Morgan fingerprint density at radius 2 is 2.40 bits per heavy atom. The number of aromatic amines is 1. The summed E-state index contributed by atoms with van der Waals surface area (Å²) in [4.78, 5) is 15.1. The number of nitrogens with zero attached hydrogens (tertiary/aromatic N) is 2. The molecule has 3 N–H and O–H groups in total. The number of nitrogens with one attached hydrogen (secondary N) is 3. The first kappa shape index (κ1) is 11.5. The van der Waals surface area contributed by atoms with Crippen molar-refractivity contribution in [2.24, 2.45) is 0 Å². The first-order chi connectivity index (χ1) is 7.18. The summed E-state index contributed by atoms with van der Waals surface area (Å²) in [6, 6.07) is 0.0434. The summed E-state index contributed by atoms with van der Waals surface area (Å²) in [5.41, 5.74) is 0. The van der Waals surface area contributed by atoms with E-state index in [0.29, 0.717) is 6.54 Å². The van der Waals surface area contributed by atoms with Crippen LogP contribution in [0, 0.1) is 0 Å². The monoisotopic (exact) mass is 211 g/mol. The minimum Gasteiger partial charge on any atom is -0.338 e.